The standard InChI is InChI=1S/C14H21NO2/c1-11(2)13(8-9-16)15-14(17)10-12-6-4-3-5-7-12/h3-7,11,13,16H,8-10H2,1-2H3,(H,15,17). The van der Waals surface area contributed by atoms with Crippen molar-refractivity contribution in [2.75, 3.05) is 6.61 Å². The molecule has 0 aliphatic rings. The summed E-state index contributed by atoms with van der Waals surface area (Å²) >= 11 is 0. The van der Waals surface area contributed by atoms with Gasteiger partial charge in [0.1, 0.15) is 0 Å². The van der Waals surface area contributed by atoms with Gasteiger partial charge in [-0.15, -0.1) is 0 Å². The second-order valence-electron chi connectivity index (χ2n) is 4.59. The van der Waals surface area contributed by atoms with Gasteiger partial charge in [-0.05, 0) is 17.9 Å². The molecular formula is C14H21NO2. The molecule has 0 saturated heterocycles. The zero-order valence-corrected chi connectivity index (χ0v) is 10.5. The molecule has 1 unspecified atom stereocenters. The van der Waals surface area contributed by atoms with Crippen molar-refractivity contribution in [1.29, 1.82) is 0 Å². The number of aliphatic hydroxyl groups is 1. The van der Waals surface area contributed by atoms with Gasteiger partial charge in [0.05, 0.1) is 6.42 Å². The lowest BCUT2D eigenvalue weighted by atomic mass is 10.0. The molecule has 1 amide bonds. The summed E-state index contributed by atoms with van der Waals surface area (Å²) in [5.74, 6) is 0.352. The molecule has 1 rings (SSSR count). The Hall–Kier alpha value is -1.35. The van der Waals surface area contributed by atoms with Crippen LogP contribution in [0, 0.1) is 5.92 Å². The maximum atomic E-state index is 11.8. The van der Waals surface area contributed by atoms with Crippen molar-refractivity contribution in [2.45, 2.75) is 32.7 Å². The lowest BCUT2D eigenvalue weighted by molar-refractivity contribution is -0.121. The number of benzene rings is 1. The maximum Gasteiger partial charge on any atom is 0.224 e. The molecule has 94 valence electrons. The molecule has 0 radical (unpaired) electrons. The zero-order valence-electron chi connectivity index (χ0n) is 10.5. The first-order chi connectivity index (χ1) is 8.13. The lowest BCUT2D eigenvalue weighted by Crippen LogP contribution is -2.39. The number of hydrogen-bond donors (Lipinski definition) is 2. The van der Waals surface area contributed by atoms with Crippen LogP contribution in [0.4, 0.5) is 0 Å². The molecule has 0 heterocycles. The van der Waals surface area contributed by atoms with Crippen molar-refractivity contribution < 1.29 is 9.90 Å². The van der Waals surface area contributed by atoms with E-state index in [0.29, 0.717) is 18.8 Å². The molecule has 3 heteroatoms. The number of nitrogens with one attached hydrogen (secondary N) is 1. The molecule has 0 aliphatic heterocycles. The molecule has 0 saturated carbocycles. The van der Waals surface area contributed by atoms with Gasteiger partial charge in [0.2, 0.25) is 5.91 Å². The van der Waals surface area contributed by atoms with Gasteiger partial charge in [0.25, 0.3) is 0 Å². The average molecular weight is 235 g/mol. The summed E-state index contributed by atoms with van der Waals surface area (Å²) in [5, 5.41) is 11.9. The molecule has 1 aromatic rings. The summed E-state index contributed by atoms with van der Waals surface area (Å²) in [6, 6.07) is 9.72. The SMILES string of the molecule is CC(C)C(CCO)NC(=O)Cc1ccccc1. The third-order valence-corrected chi connectivity index (χ3v) is 2.80. The summed E-state index contributed by atoms with van der Waals surface area (Å²) in [7, 11) is 0. The molecule has 0 spiro atoms. The van der Waals surface area contributed by atoms with Crippen LogP contribution in [-0.2, 0) is 11.2 Å². The lowest BCUT2D eigenvalue weighted by Gasteiger charge is -2.21. The highest BCUT2D eigenvalue weighted by molar-refractivity contribution is 5.78. The molecule has 0 fully saturated rings. The van der Waals surface area contributed by atoms with E-state index in [4.69, 9.17) is 5.11 Å². The molecule has 2 N–H and O–H groups in total. The van der Waals surface area contributed by atoms with E-state index in [-0.39, 0.29) is 18.6 Å². The summed E-state index contributed by atoms with van der Waals surface area (Å²) in [4.78, 5) is 11.8. The van der Waals surface area contributed by atoms with Gasteiger partial charge >= 0.3 is 0 Å². The van der Waals surface area contributed by atoms with Crippen LogP contribution >= 0.6 is 0 Å². The van der Waals surface area contributed by atoms with E-state index in [1.807, 2.05) is 44.2 Å². The highest BCUT2D eigenvalue weighted by atomic mass is 16.3. The first-order valence-corrected chi connectivity index (χ1v) is 6.07. The number of rotatable bonds is 6. The molecule has 1 atom stereocenters. The first-order valence-electron chi connectivity index (χ1n) is 6.07. The van der Waals surface area contributed by atoms with Gasteiger partial charge in [-0.3, -0.25) is 4.79 Å². The quantitative estimate of drug-likeness (QED) is 0.789. The van der Waals surface area contributed by atoms with Gasteiger partial charge in [0.15, 0.2) is 0 Å². The second-order valence-corrected chi connectivity index (χ2v) is 4.59. The fourth-order valence-electron chi connectivity index (χ4n) is 1.75. The number of amides is 1. The minimum absolute atomic E-state index is 0.0170. The van der Waals surface area contributed by atoms with Crippen molar-refractivity contribution in [3.8, 4) is 0 Å². The Morgan fingerprint density at radius 2 is 1.94 bits per heavy atom. The predicted octanol–water partition coefficient (Wildman–Crippen LogP) is 1.75. The molecule has 0 aromatic heterocycles. The summed E-state index contributed by atoms with van der Waals surface area (Å²) in [6.45, 7) is 4.20. The molecule has 0 aliphatic carbocycles. The fourth-order valence-corrected chi connectivity index (χ4v) is 1.75. The van der Waals surface area contributed by atoms with Crippen molar-refractivity contribution >= 4 is 5.91 Å². The highest BCUT2D eigenvalue weighted by Crippen LogP contribution is 2.06. The maximum absolute atomic E-state index is 11.8. The van der Waals surface area contributed by atoms with Crippen LogP contribution in [-0.4, -0.2) is 23.7 Å². The second kappa shape index (κ2) is 7.07. The smallest absolute Gasteiger partial charge is 0.224 e. The van der Waals surface area contributed by atoms with Crippen molar-refractivity contribution in [3.05, 3.63) is 35.9 Å². The zero-order chi connectivity index (χ0) is 12.7. The molecular weight excluding hydrogens is 214 g/mol. The Labute approximate surface area is 103 Å². The van der Waals surface area contributed by atoms with E-state index in [1.54, 1.807) is 0 Å². The average Bonchev–Trinajstić information content (AvgIpc) is 2.29. The number of hydrogen-bond acceptors (Lipinski definition) is 2. The van der Waals surface area contributed by atoms with Gasteiger partial charge in [-0.1, -0.05) is 44.2 Å². The van der Waals surface area contributed by atoms with Gasteiger partial charge in [-0.25, -0.2) is 0 Å². The monoisotopic (exact) mass is 235 g/mol. The van der Waals surface area contributed by atoms with Gasteiger partial charge < -0.3 is 10.4 Å². The van der Waals surface area contributed by atoms with E-state index in [0.717, 1.165) is 5.56 Å². The van der Waals surface area contributed by atoms with E-state index in [9.17, 15) is 4.79 Å². The van der Waals surface area contributed by atoms with Crippen LogP contribution in [0.25, 0.3) is 0 Å². The van der Waals surface area contributed by atoms with E-state index < -0.39 is 0 Å². The molecule has 17 heavy (non-hydrogen) atoms. The van der Waals surface area contributed by atoms with E-state index in [1.165, 1.54) is 0 Å². The van der Waals surface area contributed by atoms with Crippen LogP contribution in [0.2, 0.25) is 0 Å². The van der Waals surface area contributed by atoms with Crippen LogP contribution in [0.15, 0.2) is 30.3 Å². The molecule has 0 bridgehead atoms. The van der Waals surface area contributed by atoms with Crippen LogP contribution in [0.5, 0.6) is 0 Å². The van der Waals surface area contributed by atoms with Gasteiger partial charge in [0, 0.05) is 12.6 Å². The largest absolute Gasteiger partial charge is 0.396 e. The topological polar surface area (TPSA) is 49.3 Å². The Bertz CT molecular complexity index is 335. The third kappa shape index (κ3) is 5.00. The summed E-state index contributed by atoms with van der Waals surface area (Å²) in [6.07, 6.45) is 1.01. The van der Waals surface area contributed by atoms with Crippen molar-refractivity contribution in [3.63, 3.8) is 0 Å². The van der Waals surface area contributed by atoms with Crippen LogP contribution in [0.1, 0.15) is 25.8 Å². The third-order valence-electron chi connectivity index (χ3n) is 2.80. The normalized spacial score (nSPS) is 12.5. The summed E-state index contributed by atoms with van der Waals surface area (Å²) in [5.41, 5.74) is 1.01. The number of carbonyl (C=O) groups excluding carboxylic acids is 1. The van der Waals surface area contributed by atoms with Gasteiger partial charge in [-0.2, -0.15) is 0 Å². The van der Waals surface area contributed by atoms with Crippen LogP contribution < -0.4 is 5.32 Å². The van der Waals surface area contributed by atoms with Crippen molar-refractivity contribution in [2.24, 2.45) is 5.92 Å². The number of aliphatic hydroxyl groups excluding tert-OH is 1. The highest BCUT2D eigenvalue weighted by Gasteiger charge is 2.15. The fraction of sp³-hybridized carbons (Fsp3) is 0.500. The Kier molecular flexibility index (Phi) is 5.70. The van der Waals surface area contributed by atoms with Crippen LogP contribution in [0.3, 0.4) is 0 Å². The first kappa shape index (κ1) is 13.7. The predicted molar refractivity (Wildman–Crippen MR) is 68.6 cm³/mol. The van der Waals surface area contributed by atoms with Crippen molar-refractivity contribution in [1.82, 2.24) is 5.32 Å². The minimum atomic E-state index is 0.0170. The minimum Gasteiger partial charge on any atom is -0.396 e. The Morgan fingerprint density at radius 1 is 1.29 bits per heavy atom. The number of carbonyl (C=O) groups is 1. The Balaban J connectivity index is 2.48. The molecule has 3 nitrogen and oxygen atoms in total. The van der Waals surface area contributed by atoms with E-state index >= 15 is 0 Å². The molecule has 1 aromatic carbocycles. The Morgan fingerprint density at radius 3 is 2.47 bits per heavy atom. The summed E-state index contributed by atoms with van der Waals surface area (Å²) < 4.78 is 0. The van der Waals surface area contributed by atoms with E-state index in [2.05, 4.69) is 5.32 Å².